The molecule has 1 aromatic heterocycles. The molecule has 0 aromatic carbocycles. The zero-order valence-electron chi connectivity index (χ0n) is 11.3. The summed E-state index contributed by atoms with van der Waals surface area (Å²) >= 11 is 0. The first kappa shape index (κ1) is 12.6. The highest BCUT2D eigenvalue weighted by atomic mass is 16.5. The van der Waals surface area contributed by atoms with E-state index < -0.39 is 0 Å². The van der Waals surface area contributed by atoms with Crippen LogP contribution in [0.5, 0.6) is 0 Å². The third-order valence-electron chi connectivity index (χ3n) is 3.88. The van der Waals surface area contributed by atoms with E-state index in [1.807, 2.05) is 0 Å². The lowest BCUT2D eigenvalue weighted by Gasteiger charge is -2.23. The van der Waals surface area contributed by atoms with Crippen LogP contribution in [0.4, 0.5) is 0 Å². The number of aromatic nitrogens is 2. The molecule has 17 heavy (non-hydrogen) atoms. The summed E-state index contributed by atoms with van der Waals surface area (Å²) in [5, 5.41) is 4.06. The number of hydrogen-bond donors (Lipinski definition) is 1. The average molecular weight is 237 g/mol. The molecule has 2 rings (SSSR count). The molecular weight excluding hydrogens is 214 g/mol. The minimum atomic E-state index is -0.176. The fraction of sp³-hybridized carbons (Fsp3) is 0.846. The summed E-state index contributed by atoms with van der Waals surface area (Å²) in [6.45, 7) is 8.47. The number of rotatable bonds is 2. The summed E-state index contributed by atoms with van der Waals surface area (Å²) < 4.78 is 5.43. The highest BCUT2D eigenvalue weighted by molar-refractivity contribution is 5.08. The predicted octanol–water partition coefficient (Wildman–Crippen LogP) is 2.95. The van der Waals surface area contributed by atoms with Gasteiger partial charge in [-0.1, -0.05) is 45.7 Å². The van der Waals surface area contributed by atoms with E-state index in [1.54, 1.807) is 0 Å². The van der Waals surface area contributed by atoms with Crippen molar-refractivity contribution in [1.82, 2.24) is 10.1 Å². The molecule has 96 valence electrons. The normalized spacial score (nSPS) is 21.7. The van der Waals surface area contributed by atoms with Crippen LogP contribution in [0.3, 0.4) is 0 Å². The lowest BCUT2D eigenvalue weighted by atomic mass is 9.86. The third kappa shape index (κ3) is 2.37. The molecule has 1 aliphatic carbocycles. The molecule has 0 amide bonds. The van der Waals surface area contributed by atoms with Gasteiger partial charge in [0, 0.05) is 5.41 Å². The van der Waals surface area contributed by atoms with Gasteiger partial charge in [0.1, 0.15) is 0 Å². The first-order valence-corrected chi connectivity index (χ1v) is 6.43. The molecule has 2 N–H and O–H groups in total. The van der Waals surface area contributed by atoms with Crippen LogP contribution in [0.25, 0.3) is 0 Å². The molecule has 1 aromatic rings. The number of nitrogens with zero attached hydrogens (tertiary/aromatic N) is 2. The summed E-state index contributed by atoms with van der Waals surface area (Å²) in [4.78, 5) is 4.53. The summed E-state index contributed by atoms with van der Waals surface area (Å²) in [5.74, 6) is 1.41. The molecule has 0 aliphatic heterocycles. The zero-order chi connectivity index (χ0) is 12.7. The SMILES string of the molecule is CC1(c2nc(C(N)C(C)(C)C)no2)CCCC1. The molecule has 4 heteroatoms. The molecule has 1 heterocycles. The van der Waals surface area contributed by atoms with Gasteiger partial charge in [0.2, 0.25) is 5.89 Å². The maximum atomic E-state index is 6.14. The van der Waals surface area contributed by atoms with Crippen molar-refractivity contribution in [3.8, 4) is 0 Å². The Kier molecular flexibility index (Phi) is 3.02. The van der Waals surface area contributed by atoms with Gasteiger partial charge in [0.05, 0.1) is 6.04 Å². The standard InChI is InChI=1S/C13H23N3O/c1-12(2,3)9(14)10-15-11(17-16-10)13(4)7-5-6-8-13/h9H,5-8,14H2,1-4H3. The molecule has 0 bridgehead atoms. The van der Waals surface area contributed by atoms with E-state index in [4.69, 9.17) is 10.3 Å². The minimum Gasteiger partial charge on any atom is -0.339 e. The van der Waals surface area contributed by atoms with E-state index in [0.29, 0.717) is 5.82 Å². The van der Waals surface area contributed by atoms with E-state index in [2.05, 4.69) is 37.8 Å². The second-order valence-electron chi connectivity index (χ2n) is 6.57. The maximum Gasteiger partial charge on any atom is 0.232 e. The van der Waals surface area contributed by atoms with Gasteiger partial charge >= 0.3 is 0 Å². The lowest BCUT2D eigenvalue weighted by molar-refractivity contribution is 0.281. The summed E-state index contributed by atoms with van der Waals surface area (Å²) in [6.07, 6.45) is 4.78. The van der Waals surface area contributed by atoms with Gasteiger partial charge in [0.25, 0.3) is 0 Å². The van der Waals surface area contributed by atoms with Gasteiger partial charge in [0.15, 0.2) is 5.82 Å². The smallest absolute Gasteiger partial charge is 0.232 e. The van der Waals surface area contributed by atoms with Crippen molar-refractivity contribution in [2.75, 3.05) is 0 Å². The van der Waals surface area contributed by atoms with Crippen molar-refractivity contribution >= 4 is 0 Å². The van der Waals surface area contributed by atoms with Gasteiger partial charge in [-0.15, -0.1) is 0 Å². The van der Waals surface area contributed by atoms with Crippen LogP contribution in [0.1, 0.15) is 71.1 Å². The van der Waals surface area contributed by atoms with E-state index in [1.165, 1.54) is 12.8 Å². The van der Waals surface area contributed by atoms with Crippen molar-refractivity contribution in [3.63, 3.8) is 0 Å². The van der Waals surface area contributed by atoms with Gasteiger partial charge in [-0.25, -0.2) is 0 Å². The van der Waals surface area contributed by atoms with Gasteiger partial charge in [-0.05, 0) is 18.3 Å². The van der Waals surface area contributed by atoms with Gasteiger partial charge in [-0.2, -0.15) is 4.98 Å². The first-order chi connectivity index (χ1) is 7.83. The largest absolute Gasteiger partial charge is 0.339 e. The van der Waals surface area contributed by atoms with E-state index in [-0.39, 0.29) is 16.9 Å². The maximum absolute atomic E-state index is 6.14. The Morgan fingerprint density at radius 1 is 1.29 bits per heavy atom. The highest BCUT2D eigenvalue weighted by Crippen LogP contribution is 2.40. The molecule has 1 unspecified atom stereocenters. The Labute approximate surface area is 103 Å². The monoisotopic (exact) mass is 237 g/mol. The lowest BCUT2D eigenvalue weighted by Crippen LogP contribution is -2.27. The molecule has 1 saturated carbocycles. The molecule has 1 aliphatic rings. The van der Waals surface area contributed by atoms with Crippen molar-refractivity contribution in [2.24, 2.45) is 11.1 Å². The zero-order valence-corrected chi connectivity index (χ0v) is 11.3. The van der Waals surface area contributed by atoms with Crippen LogP contribution in [-0.4, -0.2) is 10.1 Å². The van der Waals surface area contributed by atoms with Crippen molar-refractivity contribution in [1.29, 1.82) is 0 Å². The van der Waals surface area contributed by atoms with Crippen molar-refractivity contribution in [3.05, 3.63) is 11.7 Å². The van der Waals surface area contributed by atoms with Crippen LogP contribution < -0.4 is 5.73 Å². The van der Waals surface area contributed by atoms with E-state index in [0.717, 1.165) is 18.7 Å². The Balaban J connectivity index is 2.21. The second kappa shape index (κ2) is 4.09. The average Bonchev–Trinajstić information content (AvgIpc) is 2.84. The van der Waals surface area contributed by atoms with Crippen molar-refractivity contribution < 1.29 is 4.52 Å². The molecule has 0 radical (unpaired) electrons. The van der Waals surface area contributed by atoms with Gasteiger partial charge < -0.3 is 10.3 Å². The Bertz CT molecular complexity index is 386. The third-order valence-corrected chi connectivity index (χ3v) is 3.88. The van der Waals surface area contributed by atoms with Crippen LogP contribution in [0.15, 0.2) is 4.52 Å². The van der Waals surface area contributed by atoms with E-state index >= 15 is 0 Å². The summed E-state index contributed by atoms with van der Waals surface area (Å²) in [7, 11) is 0. The van der Waals surface area contributed by atoms with Crippen LogP contribution in [-0.2, 0) is 5.41 Å². The second-order valence-corrected chi connectivity index (χ2v) is 6.57. The van der Waals surface area contributed by atoms with E-state index in [9.17, 15) is 0 Å². The quantitative estimate of drug-likeness (QED) is 0.858. The molecule has 0 spiro atoms. The minimum absolute atomic E-state index is 0.0439. The predicted molar refractivity (Wildman–Crippen MR) is 66.5 cm³/mol. The number of hydrogen-bond acceptors (Lipinski definition) is 4. The summed E-state index contributed by atoms with van der Waals surface area (Å²) in [6, 6.07) is -0.176. The first-order valence-electron chi connectivity index (χ1n) is 6.43. The molecular formula is C13H23N3O. The molecule has 0 saturated heterocycles. The Morgan fingerprint density at radius 3 is 2.41 bits per heavy atom. The highest BCUT2D eigenvalue weighted by Gasteiger charge is 2.37. The van der Waals surface area contributed by atoms with Crippen LogP contribution in [0, 0.1) is 5.41 Å². The Hall–Kier alpha value is -0.900. The van der Waals surface area contributed by atoms with Crippen molar-refractivity contribution in [2.45, 2.75) is 64.8 Å². The van der Waals surface area contributed by atoms with Crippen LogP contribution in [0.2, 0.25) is 0 Å². The van der Waals surface area contributed by atoms with Crippen LogP contribution >= 0.6 is 0 Å². The fourth-order valence-corrected chi connectivity index (χ4v) is 2.36. The van der Waals surface area contributed by atoms with Gasteiger partial charge in [-0.3, -0.25) is 0 Å². The molecule has 1 atom stereocenters. The Morgan fingerprint density at radius 2 is 1.88 bits per heavy atom. The molecule has 1 fully saturated rings. The number of nitrogens with two attached hydrogens (primary N) is 1. The summed E-state index contributed by atoms with van der Waals surface area (Å²) in [5.41, 5.74) is 6.17. The topological polar surface area (TPSA) is 64.9 Å². The molecule has 4 nitrogen and oxygen atoms in total. The fourth-order valence-electron chi connectivity index (χ4n) is 2.36.